The van der Waals surface area contributed by atoms with Crippen molar-refractivity contribution in [2.24, 2.45) is 7.05 Å². The van der Waals surface area contributed by atoms with Crippen LogP contribution in [0.4, 0.5) is 18.9 Å². The molecule has 1 aromatic carbocycles. The number of carbonyl (C=O) groups excluding carboxylic acids is 1. The molecule has 1 unspecified atom stereocenters. The minimum absolute atomic E-state index is 0.0114. The van der Waals surface area contributed by atoms with Crippen molar-refractivity contribution in [2.45, 2.75) is 12.3 Å². The first kappa shape index (κ1) is 17.5. The van der Waals surface area contributed by atoms with Gasteiger partial charge in [-0.1, -0.05) is 6.07 Å². The molecular formula is C15H13F3N2O4. The summed E-state index contributed by atoms with van der Waals surface area (Å²) in [6.45, 7) is 0. The average Bonchev–Trinajstić information content (AvgIpc) is 2.87. The maximum atomic E-state index is 12.7. The Labute approximate surface area is 134 Å². The smallest absolute Gasteiger partial charge is 0.416 e. The van der Waals surface area contributed by atoms with Crippen molar-refractivity contribution in [3.63, 3.8) is 0 Å². The van der Waals surface area contributed by atoms with Gasteiger partial charge in [0.05, 0.1) is 5.56 Å². The molecule has 0 spiro atoms. The summed E-state index contributed by atoms with van der Waals surface area (Å²) in [4.78, 5) is 22.9. The Morgan fingerprint density at radius 1 is 1.25 bits per heavy atom. The maximum Gasteiger partial charge on any atom is 0.416 e. The molecule has 9 heteroatoms. The van der Waals surface area contributed by atoms with Gasteiger partial charge in [0.1, 0.15) is 5.69 Å². The number of amides is 1. The van der Waals surface area contributed by atoms with Gasteiger partial charge in [-0.2, -0.15) is 13.2 Å². The van der Waals surface area contributed by atoms with Gasteiger partial charge in [0.25, 0.3) is 5.91 Å². The number of aromatic nitrogens is 1. The van der Waals surface area contributed by atoms with E-state index in [0.29, 0.717) is 0 Å². The van der Waals surface area contributed by atoms with E-state index in [9.17, 15) is 27.9 Å². The van der Waals surface area contributed by atoms with Crippen LogP contribution >= 0.6 is 0 Å². The van der Waals surface area contributed by atoms with Gasteiger partial charge in [-0.05, 0) is 24.3 Å². The molecule has 24 heavy (non-hydrogen) atoms. The summed E-state index contributed by atoms with van der Waals surface area (Å²) < 4.78 is 39.2. The largest absolute Gasteiger partial charge is 0.479 e. The molecule has 0 fully saturated rings. The number of hydrogen-bond acceptors (Lipinski definition) is 3. The van der Waals surface area contributed by atoms with Gasteiger partial charge >= 0.3 is 12.1 Å². The quantitative estimate of drug-likeness (QED) is 0.796. The zero-order chi connectivity index (χ0) is 18.1. The van der Waals surface area contributed by atoms with Crippen LogP contribution in [0.15, 0.2) is 36.5 Å². The van der Waals surface area contributed by atoms with Crippen molar-refractivity contribution >= 4 is 17.6 Å². The van der Waals surface area contributed by atoms with E-state index in [-0.39, 0.29) is 16.9 Å². The molecule has 6 nitrogen and oxygen atoms in total. The fraction of sp³-hybridized carbons (Fsp3) is 0.200. The van der Waals surface area contributed by atoms with Gasteiger partial charge in [0.2, 0.25) is 0 Å². The number of aliphatic carboxylic acids is 1. The van der Waals surface area contributed by atoms with Crippen LogP contribution in [-0.4, -0.2) is 26.7 Å². The van der Waals surface area contributed by atoms with Crippen molar-refractivity contribution in [3.8, 4) is 0 Å². The van der Waals surface area contributed by atoms with Crippen LogP contribution in [-0.2, 0) is 18.0 Å². The van der Waals surface area contributed by atoms with Gasteiger partial charge in [0.15, 0.2) is 6.10 Å². The molecule has 1 atom stereocenters. The Kier molecular flexibility index (Phi) is 4.65. The van der Waals surface area contributed by atoms with E-state index in [0.717, 1.165) is 24.3 Å². The van der Waals surface area contributed by atoms with Crippen molar-refractivity contribution in [2.75, 3.05) is 5.32 Å². The van der Waals surface area contributed by atoms with E-state index in [1.54, 1.807) is 0 Å². The predicted molar refractivity (Wildman–Crippen MR) is 77.4 cm³/mol. The molecule has 2 rings (SSSR count). The SMILES string of the molecule is Cn1cc(C(O)C(=O)O)cc1C(=O)Nc1cccc(C(F)(F)F)c1. The van der Waals surface area contributed by atoms with Crippen molar-refractivity contribution in [3.05, 3.63) is 53.3 Å². The number of carbonyl (C=O) groups is 2. The van der Waals surface area contributed by atoms with E-state index in [2.05, 4.69) is 5.32 Å². The Morgan fingerprint density at radius 3 is 2.50 bits per heavy atom. The van der Waals surface area contributed by atoms with Gasteiger partial charge < -0.3 is 20.1 Å². The summed E-state index contributed by atoms with van der Waals surface area (Å²) in [5, 5.41) is 20.5. The Hall–Kier alpha value is -2.81. The van der Waals surface area contributed by atoms with Crippen molar-refractivity contribution in [1.82, 2.24) is 4.57 Å². The lowest BCUT2D eigenvalue weighted by molar-refractivity contribution is -0.147. The molecule has 1 amide bonds. The highest BCUT2D eigenvalue weighted by Crippen LogP contribution is 2.30. The third-order valence-corrected chi connectivity index (χ3v) is 3.26. The number of alkyl halides is 3. The monoisotopic (exact) mass is 342 g/mol. The second kappa shape index (κ2) is 6.36. The molecule has 1 heterocycles. The minimum Gasteiger partial charge on any atom is -0.479 e. The number of nitrogens with zero attached hydrogens (tertiary/aromatic N) is 1. The predicted octanol–water partition coefficient (Wildman–Crippen LogP) is 2.41. The Balaban J connectivity index is 2.23. The number of hydrogen-bond donors (Lipinski definition) is 3. The fourth-order valence-corrected chi connectivity index (χ4v) is 2.08. The summed E-state index contributed by atoms with van der Waals surface area (Å²) in [7, 11) is 1.44. The van der Waals surface area contributed by atoms with Crippen LogP contribution < -0.4 is 5.32 Å². The van der Waals surface area contributed by atoms with Gasteiger partial charge in [-0.15, -0.1) is 0 Å². The highest BCUT2D eigenvalue weighted by atomic mass is 19.4. The minimum atomic E-state index is -4.54. The molecule has 128 valence electrons. The van der Waals surface area contributed by atoms with Crippen molar-refractivity contribution in [1.29, 1.82) is 0 Å². The molecule has 1 aromatic heterocycles. The van der Waals surface area contributed by atoms with Gasteiger partial charge in [-0.25, -0.2) is 4.79 Å². The van der Waals surface area contributed by atoms with Crippen LogP contribution in [0.25, 0.3) is 0 Å². The molecule has 0 saturated heterocycles. The standard InChI is InChI=1S/C15H13F3N2O4/c1-20-7-8(12(21)14(23)24)5-11(20)13(22)19-10-4-2-3-9(6-10)15(16,17)18/h2-7,12,21H,1H3,(H,19,22)(H,23,24). The van der Waals surface area contributed by atoms with Gasteiger partial charge in [0, 0.05) is 24.5 Å². The first-order chi connectivity index (χ1) is 11.1. The van der Waals surface area contributed by atoms with Crippen LogP contribution in [0.2, 0.25) is 0 Å². The van der Waals surface area contributed by atoms with Gasteiger partial charge in [-0.3, -0.25) is 4.79 Å². The molecule has 2 aromatic rings. The molecule has 0 saturated carbocycles. The zero-order valence-corrected chi connectivity index (χ0v) is 12.3. The van der Waals surface area contributed by atoms with E-state index in [4.69, 9.17) is 5.11 Å². The molecule has 0 aliphatic carbocycles. The van der Waals surface area contributed by atoms with E-state index in [1.807, 2.05) is 0 Å². The number of anilines is 1. The van der Waals surface area contributed by atoms with Crippen LogP contribution in [0.3, 0.4) is 0 Å². The maximum absolute atomic E-state index is 12.7. The number of halogens is 3. The average molecular weight is 342 g/mol. The van der Waals surface area contributed by atoms with Crippen LogP contribution in [0, 0.1) is 0 Å². The molecular weight excluding hydrogens is 329 g/mol. The lowest BCUT2D eigenvalue weighted by atomic mass is 10.2. The van der Waals surface area contributed by atoms with E-state index in [1.165, 1.54) is 23.9 Å². The molecule has 0 aliphatic heterocycles. The lowest BCUT2D eigenvalue weighted by Gasteiger charge is -2.10. The normalized spacial score (nSPS) is 12.7. The van der Waals surface area contributed by atoms with Crippen LogP contribution in [0.5, 0.6) is 0 Å². The highest BCUT2D eigenvalue weighted by Gasteiger charge is 2.30. The summed E-state index contributed by atoms with van der Waals surface area (Å²) in [6.07, 6.45) is -5.09. The first-order valence-corrected chi connectivity index (χ1v) is 6.65. The fourth-order valence-electron chi connectivity index (χ4n) is 2.08. The third kappa shape index (κ3) is 3.74. The number of rotatable bonds is 4. The number of carboxylic acid groups (broad SMARTS) is 1. The lowest BCUT2D eigenvalue weighted by Crippen LogP contribution is -2.16. The van der Waals surface area contributed by atoms with E-state index >= 15 is 0 Å². The number of benzene rings is 1. The number of nitrogens with one attached hydrogen (secondary N) is 1. The number of aliphatic hydroxyl groups excluding tert-OH is 1. The molecule has 0 aliphatic rings. The third-order valence-electron chi connectivity index (χ3n) is 3.26. The van der Waals surface area contributed by atoms with E-state index < -0.39 is 29.7 Å². The highest BCUT2D eigenvalue weighted by molar-refractivity contribution is 6.03. The molecule has 3 N–H and O–H groups in total. The Morgan fingerprint density at radius 2 is 1.92 bits per heavy atom. The summed E-state index contributed by atoms with van der Waals surface area (Å²) >= 11 is 0. The molecule has 0 radical (unpaired) electrons. The first-order valence-electron chi connectivity index (χ1n) is 6.65. The summed E-state index contributed by atoms with van der Waals surface area (Å²) in [6, 6.07) is 5.27. The zero-order valence-electron chi connectivity index (χ0n) is 12.3. The number of carboxylic acids is 1. The number of aliphatic hydroxyl groups is 1. The number of aryl methyl sites for hydroxylation is 1. The Bertz CT molecular complexity index is 783. The molecule has 0 bridgehead atoms. The second-order valence-corrected chi connectivity index (χ2v) is 5.04. The summed E-state index contributed by atoms with van der Waals surface area (Å²) in [5.74, 6) is -2.22. The van der Waals surface area contributed by atoms with Crippen LogP contribution in [0.1, 0.15) is 27.7 Å². The topological polar surface area (TPSA) is 91.6 Å². The summed E-state index contributed by atoms with van der Waals surface area (Å²) in [5.41, 5.74) is -0.993. The second-order valence-electron chi connectivity index (χ2n) is 5.04. The van der Waals surface area contributed by atoms with Crippen molar-refractivity contribution < 1.29 is 33.0 Å².